The third-order valence-electron chi connectivity index (χ3n) is 5.01. The van der Waals surface area contributed by atoms with Gasteiger partial charge in [-0.25, -0.2) is 13.2 Å². The third-order valence-corrected chi connectivity index (χ3v) is 6.92. The number of esters is 1. The highest BCUT2D eigenvalue weighted by Gasteiger charge is 2.28. The zero-order chi connectivity index (χ0) is 21.0. The Labute approximate surface area is 171 Å². The predicted molar refractivity (Wildman–Crippen MR) is 108 cm³/mol. The number of carbonyl (C=O) groups excluding carboxylic acids is 1. The average molecular weight is 419 g/mol. The van der Waals surface area contributed by atoms with Crippen molar-refractivity contribution in [1.82, 2.24) is 4.31 Å². The normalized spacial score (nSPS) is 15.7. The lowest BCUT2D eigenvalue weighted by Gasteiger charge is -2.29. The first kappa shape index (κ1) is 21.1. The molecule has 1 aliphatic heterocycles. The van der Waals surface area contributed by atoms with Gasteiger partial charge < -0.3 is 14.2 Å². The Hall–Kier alpha value is -2.58. The highest BCUT2D eigenvalue weighted by atomic mass is 32.2. The van der Waals surface area contributed by atoms with Crippen LogP contribution < -0.4 is 14.2 Å². The van der Waals surface area contributed by atoms with Gasteiger partial charge in [-0.05, 0) is 43.0 Å². The summed E-state index contributed by atoms with van der Waals surface area (Å²) in [5.74, 6) is 1.18. The van der Waals surface area contributed by atoms with Crippen LogP contribution in [0.1, 0.15) is 30.1 Å². The van der Waals surface area contributed by atoms with Crippen LogP contribution in [-0.4, -0.2) is 46.0 Å². The van der Waals surface area contributed by atoms with Crippen molar-refractivity contribution < 1.29 is 27.4 Å². The SMILES string of the molecule is COc1cc(OC)cc(OC(=O)c2ccc(S(=O)(=O)N3CCC(C)CC3)cc2)c1. The van der Waals surface area contributed by atoms with Crippen molar-refractivity contribution in [2.75, 3.05) is 27.3 Å². The van der Waals surface area contributed by atoms with E-state index in [4.69, 9.17) is 14.2 Å². The second-order valence-electron chi connectivity index (χ2n) is 7.05. The Morgan fingerprint density at radius 1 is 0.931 bits per heavy atom. The highest BCUT2D eigenvalue weighted by Crippen LogP contribution is 2.28. The van der Waals surface area contributed by atoms with Gasteiger partial charge in [0, 0.05) is 31.3 Å². The third kappa shape index (κ3) is 4.89. The number of carbonyl (C=O) groups is 1. The molecule has 0 N–H and O–H groups in total. The molecule has 2 aromatic rings. The predicted octanol–water partition coefficient (Wildman–Crippen LogP) is 3.34. The van der Waals surface area contributed by atoms with Crippen molar-refractivity contribution in [1.29, 1.82) is 0 Å². The van der Waals surface area contributed by atoms with Crippen LogP contribution in [0.3, 0.4) is 0 Å². The lowest BCUT2D eigenvalue weighted by molar-refractivity contribution is 0.0734. The van der Waals surface area contributed by atoms with Crippen molar-refractivity contribution in [2.45, 2.75) is 24.7 Å². The molecular formula is C21H25NO6S. The molecule has 0 aliphatic carbocycles. The van der Waals surface area contributed by atoms with Gasteiger partial charge in [0.05, 0.1) is 24.7 Å². The molecule has 1 fully saturated rings. The first-order valence-electron chi connectivity index (χ1n) is 9.39. The van der Waals surface area contributed by atoms with Gasteiger partial charge in [-0.15, -0.1) is 0 Å². The molecule has 0 unspecified atom stereocenters. The molecule has 2 aromatic carbocycles. The van der Waals surface area contributed by atoms with Gasteiger partial charge in [0.2, 0.25) is 10.0 Å². The standard InChI is InChI=1S/C21H25NO6S/c1-15-8-10-22(11-9-15)29(24,25)20-6-4-16(5-7-20)21(23)28-19-13-17(26-2)12-18(14-19)27-3/h4-7,12-15H,8-11H2,1-3H3. The Balaban J connectivity index is 1.74. The van der Waals surface area contributed by atoms with Crippen LogP contribution in [0.4, 0.5) is 0 Å². The monoisotopic (exact) mass is 419 g/mol. The molecule has 0 spiro atoms. The van der Waals surface area contributed by atoms with Crippen LogP contribution in [0.25, 0.3) is 0 Å². The zero-order valence-electron chi connectivity index (χ0n) is 16.8. The molecule has 0 aromatic heterocycles. The Kier molecular flexibility index (Phi) is 6.44. The van der Waals surface area contributed by atoms with E-state index in [1.54, 1.807) is 18.2 Å². The molecular weight excluding hydrogens is 394 g/mol. The van der Waals surface area contributed by atoms with Crippen LogP contribution in [0.15, 0.2) is 47.4 Å². The number of ether oxygens (including phenoxy) is 3. The summed E-state index contributed by atoms with van der Waals surface area (Å²) in [7, 11) is -0.552. The van der Waals surface area contributed by atoms with E-state index in [1.165, 1.54) is 42.8 Å². The summed E-state index contributed by atoms with van der Waals surface area (Å²) in [4.78, 5) is 12.6. The number of rotatable bonds is 6. The van der Waals surface area contributed by atoms with Crippen molar-refractivity contribution in [3.63, 3.8) is 0 Å². The zero-order valence-corrected chi connectivity index (χ0v) is 17.6. The fraction of sp³-hybridized carbons (Fsp3) is 0.381. The smallest absolute Gasteiger partial charge is 0.343 e. The number of sulfonamides is 1. The molecule has 1 heterocycles. The van der Waals surface area contributed by atoms with E-state index >= 15 is 0 Å². The molecule has 0 amide bonds. The maximum absolute atomic E-state index is 12.8. The molecule has 0 radical (unpaired) electrons. The molecule has 7 nitrogen and oxygen atoms in total. The molecule has 0 bridgehead atoms. The number of benzene rings is 2. The Morgan fingerprint density at radius 3 is 1.97 bits per heavy atom. The van der Waals surface area contributed by atoms with Crippen molar-refractivity contribution in [3.8, 4) is 17.2 Å². The van der Waals surface area contributed by atoms with Gasteiger partial charge in [-0.1, -0.05) is 6.92 Å². The maximum Gasteiger partial charge on any atom is 0.343 e. The fourth-order valence-corrected chi connectivity index (χ4v) is 4.61. The minimum Gasteiger partial charge on any atom is -0.496 e. The largest absolute Gasteiger partial charge is 0.496 e. The van der Waals surface area contributed by atoms with Gasteiger partial charge in [-0.2, -0.15) is 4.31 Å². The Morgan fingerprint density at radius 2 is 1.45 bits per heavy atom. The van der Waals surface area contributed by atoms with Gasteiger partial charge in [0.15, 0.2) is 0 Å². The summed E-state index contributed by atoms with van der Waals surface area (Å²) in [6.45, 7) is 3.16. The van der Waals surface area contributed by atoms with Crippen molar-refractivity contribution >= 4 is 16.0 Å². The van der Waals surface area contributed by atoms with Crippen LogP contribution in [0.5, 0.6) is 17.2 Å². The van der Waals surface area contributed by atoms with Crippen LogP contribution in [0, 0.1) is 5.92 Å². The molecule has 0 saturated carbocycles. The number of hydrogen-bond acceptors (Lipinski definition) is 6. The number of piperidine rings is 1. The summed E-state index contributed by atoms with van der Waals surface area (Å²) in [5, 5.41) is 0. The average Bonchev–Trinajstić information content (AvgIpc) is 2.73. The quantitative estimate of drug-likeness (QED) is 0.528. The van der Waals surface area contributed by atoms with Crippen molar-refractivity contribution in [2.24, 2.45) is 5.92 Å². The molecule has 29 heavy (non-hydrogen) atoms. The summed E-state index contributed by atoms with van der Waals surface area (Å²) in [6, 6.07) is 10.6. The minimum atomic E-state index is -3.56. The van der Waals surface area contributed by atoms with E-state index in [-0.39, 0.29) is 16.2 Å². The summed E-state index contributed by atoms with van der Waals surface area (Å²) in [6.07, 6.45) is 1.71. The summed E-state index contributed by atoms with van der Waals surface area (Å²) >= 11 is 0. The van der Waals surface area contributed by atoms with Crippen LogP contribution >= 0.6 is 0 Å². The first-order chi connectivity index (χ1) is 13.8. The lowest BCUT2D eigenvalue weighted by atomic mass is 10.0. The topological polar surface area (TPSA) is 82.1 Å². The molecule has 3 rings (SSSR count). The second kappa shape index (κ2) is 8.84. The van der Waals surface area contributed by atoms with Gasteiger partial charge in [0.1, 0.15) is 17.2 Å². The van der Waals surface area contributed by atoms with Crippen molar-refractivity contribution in [3.05, 3.63) is 48.0 Å². The van der Waals surface area contributed by atoms with E-state index in [0.717, 1.165) is 12.8 Å². The summed E-state index contributed by atoms with van der Waals surface area (Å²) < 4.78 is 42.8. The molecule has 1 saturated heterocycles. The van der Waals surface area contributed by atoms with Crippen LogP contribution in [0.2, 0.25) is 0 Å². The molecule has 1 aliphatic rings. The van der Waals surface area contributed by atoms with E-state index in [2.05, 4.69) is 6.92 Å². The number of methoxy groups -OCH3 is 2. The highest BCUT2D eigenvalue weighted by molar-refractivity contribution is 7.89. The summed E-state index contributed by atoms with van der Waals surface area (Å²) in [5.41, 5.74) is 0.248. The second-order valence-corrected chi connectivity index (χ2v) is 8.99. The molecule has 156 valence electrons. The Bertz CT molecular complexity index is 941. The van der Waals surface area contributed by atoms with Gasteiger partial charge >= 0.3 is 5.97 Å². The van der Waals surface area contributed by atoms with E-state index in [1.807, 2.05) is 0 Å². The molecule has 0 atom stereocenters. The van der Waals surface area contributed by atoms with E-state index < -0.39 is 16.0 Å². The minimum absolute atomic E-state index is 0.173. The molecule has 8 heteroatoms. The van der Waals surface area contributed by atoms with Gasteiger partial charge in [0.25, 0.3) is 0 Å². The fourth-order valence-electron chi connectivity index (χ4n) is 3.14. The maximum atomic E-state index is 12.8. The first-order valence-corrected chi connectivity index (χ1v) is 10.8. The number of hydrogen-bond donors (Lipinski definition) is 0. The number of nitrogens with zero attached hydrogens (tertiary/aromatic N) is 1. The van der Waals surface area contributed by atoms with E-state index in [9.17, 15) is 13.2 Å². The van der Waals surface area contributed by atoms with Gasteiger partial charge in [-0.3, -0.25) is 0 Å². The van der Waals surface area contributed by atoms with E-state index in [0.29, 0.717) is 30.5 Å². The van der Waals surface area contributed by atoms with Crippen LogP contribution in [-0.2, 0) is 10.0 Å². The lowest BCUT2D eigenvalue weighted by Crippen LogP contribution is -2.37.